The Morgan fingerprint density at radius 3 is 2.85 bits per heavy atom. The fourth-order valence-corrected chi connectivity index (χ4v) is 3.28. The maximum atomic E-state index is 9.45. The quantitative estimate of drug-likeness (QED) is 0.594. The van der Waals surface area contributed by atoms with Gasteiger partial charge in [0.25, 0.3) is 0 Å². The Bertz CT molecular complexity index is 1120. The Balaban J connectivity index is 1.72. The van der Waals surface area contributed by atoms with Gasteiger partial charge in [0, 0.05) is 11.8 Å². The van der Waals surface area contributed by atoms with Gasteiger partial charge in [-0.15, -0.1) is 0 Å². The minimum atomic E-state index is 0.00245. The number of nitrogens with one attached hydrogen (secondary N) is 1. The van der Waals surface area contributed by atoms with E-state index in [9.17, 15) is 5.11 Å². The van der Waals surface area contributed by atoms with E-state index in [-0.39, 0.29) is 13.4 Å². The van der Waals surface area contributed by atoms with Gasteiger partial charge < -0.3 is 14.6 Å². The standard InChI is InChI=1S/C20H15N3O3/c24-10-12-2-1-3-13(8-12)15-6-7-21-20-18(15)19(22-23-20)14-4-5-16-17(9-14)26-11-25-16/h1-9,24H,10-11H2,(H,21,22,23). The molecular formula is C20H15N3O3. The molecule has 6 nitrogen and oxygen atoms in total. The van der Waals surface area contributed by atoms with Crippen LogP contribution in [-0.2, 0) is 6.61 Å². The summed E-state index contributed by atoms with van der Waals surface area (Å²) in [6.07, 6.45) is 1.75. The van der Waals surface area contributed by atoms with Gasteiger partial charge in [0.2, 0.25) is 6.79 Å². The van der Waals surface area contributed by atoms with Crippen molar-refractivity contribution >= 4 is 11.0 Å². The third-order valence-electron chi connectivity index (χ3n) is 4.53. The van der Waals surface area contributed by atoms with Gasteiger partial charge in [-0.05, 0) is 47.0 Å². The van der Waals surface area contributed by atoms with E-state index in [1.807, 2.05) is 48.5 Å². The number of aromatic nitrogens is 3. The molecule has 0 bridgehead atoms. The van der Waals surface area contributed by atoms with Crippen molar-refractivity contribution in [2.45, 2.75) is 6.61 Å². The number of aliphatic hydroxyl groups is 1. The summed E-state index contributed by atoms with van der Waals surface area (Å²) < 4.78 is 10.9. The summed E-state index contributed by atoms with van der Waals surface area (Å²) in [5.74, 6) is 1.45. The molecule has 0 saturated heterocycles. The van der Waals surface area contributed by atoms with Crippen molar-refractivity contribution in [2.75, 3.05) is 6.79 Å². The van der Waals surface area contributed by atoms with Gasteiger partial charge in [-0.1, -0.05) is 18.2 Å². The van der Waals surface area contributed by atoms with Crippen molar-refractivity contribution in [1.29, 1.82) is 0 Å². The summed E-state index contributed by atoms with van der Waals surface area (Å²) in [5, 5.41) is 17.9. The molecule has 5 rings (SSSR count). The second kappa shape index (κ2) is 5.86. The van der Waals surface area contributed by atoms with Crippen molar-refractivity contribution in [2.24, 2.45) is 0 Å². The van der Waals surface area contributed by atoms with Crippen LogP contribution in [-0.4, -0.2) is 27.1 Å². The van der Waals surface area contributed by atoms with Crippen LogP contribution < -0.4 is 9.47 Å². The fraction of sp³-hybridized carbons (Fsp3) is 0.100. The van der Waals surface area contributed by atoms with Gasteiger partial charge >= 0.3 is 0 Å². The highest BCUT2D eigenvalue weighted by atomic mass is 16.7. The van der Waals surface area contributed by atoms with Gasteiger partial charge in [0.05, 0.1) is 12.0 Å². The monoisotopic (exact) mass is 345 g/mol. The number of pyridine rings is 1. The van der Waals surface area contributed by atoms with E-state index in [0.29, 0.717) is 11.4 Å². The van der Waals surface area contributed by atoms with Crippen molar-refractivity contribution in [1.82, 2.24) is 15.2 Å². The highest BCUT2D eigenvalue weighted by Crippen LogP contribution is 2.39. The van der Waals surface area contributed by atoms with Gasteiger partial charge in [0.1, 0.15) is 5.69 Å². The second-order valence-electron chi connectivity index (χ2n) is 6.08. The van der Waals surface area contributed by atoms with Crippen LogP contribution in [0.5, 0.6) is 11.5 Å². The van der Waals surface area contributed by atoms with Crippen LogP contribution in [0.4, 0.5) is 0 Å². The zero-order valence-corrected chi connectivity index (χ0v) is 13.8. The van der Waals surface area contributed by atoms with Crippen molar-refractivity contribution in [3.63, 3.8) is 0 Å². The number of rotatable bonds is 3. The predicted octanol–water partition coefficient (Wildman–Crippen LogP) is 3.51. The van der Waals surface area contributed by atoms with Gasteiger partial charge in [0.15, 0.2) is 17.1 Å². The first kappa shape index (κ1) is 14.9. The number of aliphatic hydroxyl groups excluding tert-OH is 1. The molecule has 2 aromatic carbocycles. The molecule has 3 heterocycles. The Labute approximate surface area is 149 Å². The Hall–Kier alpha value is -3.38. The van der Waals surface area contributed by atoms with Crippen LogP contribution in [0.15, 0.2) is 54.7 Å². The van der Waals surface area contributed by atoms with Crippen LogP contribution in [0, 0.1) is 0 Å². The molecule has 2 N–H and O–H groups in total. The minimum Gasteiger partial charge on any atom is -0.454 e. The Morgan fingerprint density at radius 1 is 1.00 bits per heavy atom. The van der Waals surface area contributed by atoms with Crippen LogP contribution in [0.1, 0.15) is 5.56 Å². The molecule has 4 aromatic rings. The van der Waals surface area contributed by atoms with E-state index >= 15 is 0 Å². The molecule has 0 saturated carbocycles. The largest absolute Gasteiger partial charge is 0.454 e. The lowest BCUT2D eigenvalue weighted by atomic mass is 9.98. The SMILES string of the molecule is OCc1cccc(-c2ccnc3[nH]nc(-c4ccc5c(c4)OCO5)c23)c1. The highest BCUT2D eigenvalue weighted by molar-refractivity contribution is 6.02. The molecule has 1 aliphatic rings. The van der Waals surface area contributed by atoms with Gasteiger partial charge in [-0.2, -0.15) is 5.10 Å². The zero-order chi connectivity index (χ0) is 17.5. The summed E-state index contributed by atoms with van der Waals surface area (Å²) in [6.45, 7) is 0.239. The number of fused-ring (bicyclic) bond motifs is 2. The molecule has 1 aliphatic heterocycles. The Kier molecular flexibility index (Phi) is 3.36. The minimum absolute atomic E-state index is 0.00245. The molecular weight excluding hydrogens is 330 g/mol. The normalized spacial score (nSPS) is 12.7. The predicted molar refractivity (Wildman–Crippen MR) is 96.8 cm³/mol. The average Bonchev–Trinajstić information content (AvgIpc) is 3.34. The number of ether oxygens (including phenoxy) is 2. The zero-order valence-electron chi connectivity index (χ0n) is 13.8. The molecule has 6 heteroatoms. The summed E-state index contributed by atoms with van der Waals surface area (Å²) in [4.78, 5) is 4.41. The fourth-order valence-electron chi connectivity index (χ4n) is 3.28. The lowest BCUT2D eigenvalue weighted by Crippen LogP contribution is -1.92. The topological polar surface area (TPSA) is 80.3 Å². The lowest BCUT2D eigenvalue weighted by Gasteiger charge is -2.07. The van der Waals surface area contributed by atoms with E-state index in [4.69, 9.17) is 9.47 Å². The molecule has 0 fully saturated rings. The number of nitrogens with zero attached hydrogens (tertiary/aromatic N) is 2. The number of H-pyrrole nitrogens is 1. The van der Waals surface area contributed by atoms with Crippen molar-refractivity contribution in [3.05, 3.63) is 60.3 Å². The summed E-state index contributed by atoms with van der Waals surface area (Å²) in [5.41, 5.74) is 5.31. The smallest absolute Gasteiger partial charge is 0.231 e. The van der Waals surface area contributed by atoms with Crippen molar-refractivity contribution < 1.29 is 14.6 Å². The van der Waals surface area contributed by atoms with Crippen LogP contribution in [0.2, 0.25) is 0 Å². The van der Waals surface area contributed by atoms with Gasteiger partial charge in [-0.3, -0.25) is 5.10 Å². The highest BCUT2D eigenvalue weighted by Gasteiger charge is 2.18. The summed E-state index contributed by atoms with van der Waals surface area (Å²) in [7, 11) is 0. The molecule has 0 amide bonds. The van der Waals surface area contributed by atoms with E-state index in [0.717, 1.165) is 39.1 Å². The third kappa shape index (κ3) is 2.31. The molecule has 0 atom stereocenters. The van der Waals surface area contributed by atoms with Crippen LogP contribution in [0.3, 0.4) is 0 Å². The Morgan fingerprint density at radius 2 is 1.92 bits per heavy atom. The van der Waals surface area contributed by atoms with E-state index in [1.54, 1.807) is 6.20 Å². The van der Waals surface area contributed by atoms with E-state index < -0.39 is 0 Å². The molecule has 128 valence electrons. The second-order valence-corrected chi connectivity index (χ2v) is 6.08. The first-order chi connectivity index (χ1) is 12.8. The van der Waals surface area contributed by atoms with Gasteiger partial charge in [-0.25, -0.2) is 4.98 Å². The summed E-state index contributed by atoms with van der Waals surface area (Å²) >= 11 is 0. The molecule has 0 radical (unpaired) electrons. The maximum Gasteiger partial charge on any atom is 0.231 e. The first-order valence-electron chi connectivity index (χ1n) is 8.27. The van der Waals surface area contributed by atoms with Crippen molar-refractivity contribution in [3.8, 4) is 33.9 Å². The molecule has 0 spiro atoms. The number of benzene rings is 2. The van der Waals surface area contributed by atoms with Crippen LogP contribution >= 0.6 is 0 Å². The molecule has 0 unspecified atom stereocenters. The third-order valence-corrected chi connectivity index (χ3v) is 4.53. The lowest BCUT2D eigenvalue weighted by molar-refractivity contribution is 0.174. The van der Waals surface area contributed by atoms with E-state index in [1.165, 1.54) is 0 Å². The summed E-state index contributed by atoms with van der Waals surface area (Å²) in [6, 6.07) is 15.6. The maximum absolute atomic E-state index is 9.45. The molecule has 0 aliphatic carbocycles. The number of hydrogen-bond donors (Lipinski definition) is 2. The molecule has 2 aromatic heterocycles. The first-order valence-corrected chi connectivity index (χ1v) is 8.27. The van der Waals surface area contributed by atoms with Crippen LogP contribution in [0.25, 0.3) is 33.4 Å². The molecule has 26 heavy (non-hydrogen) atoms. The number of aromatic amines is 1. The van der Waals surface area contributed by atoms with E-state index in [2.05, 4.69) is 15.2 Å². The average molecular weight is 345 g/mol. The number of hydrogen-bond acceptors (Lipinski definition) is 5.